The molecule has 0 aromatic heterocycles. The van der Waals surface area contributed by atoms with Crippen LogP contribution in [-0.4, -0.2) is 22.6 Å². The average Bonchev–Trinajstić information content (AvgIpc) is 2.49. The zero-order chi connectivity index (χ0) is 8.81. The Bertz CT molecular complexity index is 141. The largest absolute Gasteiger partial charge is 0.481 e. The van der Waals surface area contributed by atoms with Crippen molar-refractivity contribution in [3.8, 4) is 0 Å². The third kappa shape index (κ3) is 4.00. The Morgan fingerprint density at radius 2 is 2.33 bits per heavy atom. The van der Waals surface area contributed by atoms with Gasteiger partial charge in [0.05, 0.1) is 0 Å². The van der Waals surface area contributed by atoms with Crippen LogP contribution in [-0.2, 0) is 4.79 Å². The van der Waals surface area contributed by atoms with Crippen molar-refractivity contribution in [2.45, 2.75) is 32.1 Å². The maximum absolute atomic E-state index is 10.2. The summed E-state index contributed by atoms with van der Waals surface area (Å²) in [6, 6.07) is 0. The minimum Gasteiger partial charge on any atom is -0.481 e. The van der Waals surface area contributed by atoms with Crippen LogP contribution in [0.2, 0.25) is 0 Å². The van der Waals surface area contributed by atoms with Crippen molar-refractivity contribution >= 4 is 17.7 Å². The fraction of sp³-hybridized carbons (Fsp3) is 0.889. The number of carbonyl (C=O) groups is 1. The molecule has 0 aromatic carbocycles. The molecule has 1 aliphatic rings. The molecule has 1 heterocycles. The summed E-state index contributed by atoms with van der Waals surface area (Å²) in [5, 5.41) is 8.40. The Hall–Kier alpha value is -0.180. The lowest BCUT2D eigenvalue weighted by atomic mass is 10.0. The van der Waals surface area contributed by atoms with Crippen LogP contribution in [0.5, 0.6) is 0 Å². The third-order valence-corrected chi connectivity index (χ3v) is 3.51. The molecule has 2 nitrogen and oxygen atoms in total. The number of hydrogen-bond donors (Lipinski definition) is 1. The minimum absolute atomic E-state index is 0.347. The van der Waals surface area contributed by atoms with Gasteiger partial charge in [-0.05, 0) is 36.7 Å². The lowest BCUT2D eigenvalue weighted by Crippen LogP contribution is -1.99. The van der Waals surface area contributed by atoms with Gasteiger partial charge in [0, 0.05) is 6.42 Å². The first-order chi connectivity index (χ1) is 5.79. The van der Waals surface area contributed by atoms with Crippen LogP contribution in [0.25, 0.3) is 0 Å². The summed E-state index contributed by atoms with van der Waals surface area (Å²) >= 11 is 2.03. The second kappa shape index (κ2) is 5.46. The van der Waals surface area contributed by atoms with Crippen molar-refractivity contribution in [2.75, 3.05) is 11.5 Å². The summed E-state index contributed by atoms with van der Waals surface area (Å²) in [4.78, 5) is 10.2. The fourth-order valence-corrected chi connectivity index (χ4v) is 2.85. The van der Waals surface area contributed by atoms with E-state index in [2.05, 4.69) is 0 Å². The summed E-state index contributed by atoms with van der Waals surface area (Å²) in [5.41, 5.74) is 0. The molecule has 0 radical (unpaired) electrons. The molecule has 0 amide bonds. The molecule has 0 spiro atoms. The molecule has 1 N–H and O–H groups in total. The van der Waals surface area contributed by atoms with Gasteiger partial charge in [0.25, 0.3) is 0 Å². The second-order valence-electron chi connectivity index (χ2n) is 3.37. The van der Waals surface area contributed by atoms with Crippen LogP contribution in [0.3, 0.4) is 0 Å². The minimum atomic E-state index is -0.657. The summed E-state index contributed by atoms with van der Waals surface area (Å²) in [6.45, 7) is 0. The molecule has 0 aromatic rings. The molecule has 1 rings (SSSR count). The molecule has 1 unspecified atom stereocenters. The van der Waals surface area contributed by atoms with Gasteiger partial charge in [-0.15, -0.1) is 0 Å². The van der Waals surface area contributed by atoms with E-state index < -0.39 is 5.97 Å². The SMILES string of the molecule is O=C(O)CCCCC1CCSC1. The van der Waals surface area contributed by atoms with Gasteiger partial charge >= 0.3 is 5.97 Å². The second-order valence-corrected chi connectivity index (χ2v) is 4.52. The van der Waals surface area contributed by atoms with Crippen molar-refractivity contribution < 1.29 is 9.90 Å². The number of rotatable bonds is 5. The van der Waals surface area contributed by atoms with E-state index in [1.54, 1.807) is 0 Å². The highest BCUT2D eigenvalue weighted by atomic mass is 32.2. The predicted octanol–water partition coefficient (Wildman–Crippen LogP) is 2.38. The van der Waals surface area contributed by atoms with Crippen LogP contribution in [0.1, 0.15) is 32.1 Å². The van der Waals surface area contributed by atoms with Crippen molar-refractivity contribution in [2.24, 2.45) is 5.92 Å². The molecule has 1 fully saturated rings. The van der Waals surface area contributed by atoms with Crippen molar-refractivity contribution in [1.82, 2.24) is 0 Å². The molecule has 1 saturated heterocycles. The lowest BCUT2D eigenvalue weighted by Gasteiger charge is -2.05. The summed E-state index contributed by atoms with van der Waals surface area (Å²) in [5.74, 6) is 2.83. The quantitative estimate of drug-likeness (QED) is 0.673. The highest BCUT2D eigenvalue weighted by molar-refractivity contribution is 7.99. The molecular formula is C9H16O2S. The summed E-state index contributed by atoms with van der Waals surface area (Å²) < 4.78 is 0. The number of carboxylic acids is 1. The Morgan fingerprint density at radius 3 is 2.92 bits per heavy atom. The first kappa shape index (κ1) is 9.90. The van der Waals surface area contributed by atoms with Gasteiger partial charge in [0.2, 0.25) is 0 Å². The Morgan fingerprint density at radius 1 is 1.50 bits per heavy atom. The predicted molar refractivity (Wildman–Crippen MR) is 51.5 cm³/mol. The number of hydrogen-bond acceptors (Lipinski definition) is 2. The molecule has 0 aliphatic carbocycles. The topological polar surface area (TPSA) is 37.3 Å². The van der Waals surface area contributed by atoms with E-state index >= 15 is 0 Å². The van der Waals surface area contributed by atoms with Crippen LogP contribution in [0.15, 0.2) is 0 Å². The van der Waals surface area contributed by atoms with Gasteiger partial charge in [-0.3, -0.25) is 4.79 Å². The van der Waals surface area contributed by atoms with E-state index in [0.717, 1.165) is 18.8 Å². The van der Waals surface area contributed by atoms with Crippen LogP contribution >= 0.6 is 11.8 Å². The van der Waals surface area contributed by atoms with Crippen LogP contribution < -0.4 is 0 Å². The number of aliphatic carboxylic acids is 1. The Labute approximate surface area is 77.7 Å². The highest BCUT2D eigenvalue weighted by Gasteiger charge is 2.14. The molecule has 70 valence electrons. The zero-order valence-corrected chi connectivity index (χ0v) is 8.11. The average molecular weight is 188 g/mol. The molecule has 3 heteroatoms. The van der Waals surface area contributed by atoms with Crippen molar-refractivity contribution in [3.05, 3.63) is 0 Å². The van der Waals surface area contributed by atoms with E-state index in [9.17, 15) is 4.79 Å². The molecule has 1 aliphatic heterocycles. The van der Waals surface area contributed by atoms with E-state index in [-0.39, 0.29) is 0 Å². The summed E-state index contributed by atoms with van der Waals surface area (Å²) in [7, 11) is 0. The van der Waals surface area contributed by atoms with E-state index in [4.69, 9.17) is 5.11 Å². The molecule has 0 saturated carbocycles. The number of thioether (sulfide) groups is 1. The molecule has 0 bridgehead atoms. The standard InChI is InChI=1S/C9H16O2S/c10-9(11)4-2-1-3-8-5-6-12-7-8/h8H,1-7H2,(H,10,11). The zero-order valence-electron chi connectivity index (χ0n) is 7.29. The van der Waals surface area contributed by atoms with Gasteiger partial charge in [-0.2, -0.15) is 11.8 Å². The van der Waals surface area contributed by atoms with E-state index in [1.165, 1.54) is 24.3 Å². The highest BCUT2D eigenvalue weighted by Crippen LogP contribution is 2.27. The maximum Gasteiger partial charge on any atom is 0.303 e. The smallest absolute Gasteiger partial charge is 0.303 e. The number of carboxylic acid groups (broad SMARTS) is 1. The summed E-state index contributed by atoms with van der Waals surface area (Å²) in [6.07, 6.45) is 4.88. The van der Waals surface area contributed by atoms with Gasteiger partial charge in [-0.1, -0.05) is 6.42 Å². The first-order valence-electron chi connectivity index (χ1n) is 4.58. The van der Waals surface area contributed by atoms with E-state index in [1.807, 2.05) is 11.8 Å². The molecule has 1 atom stereocenters. The fourth-order valence-electron chi connectivity index (χ4n) is 1.52. The molecular weight excluding hydrogens is 172 g/mol. The van der Waals surface area contributed by atoms with Crippen LogP contribution in [0, 0.1) is 5.92 Å². The lowest BCUT2D eigenvalue weighted by molar-refractivity contribution is -0.137. The third-order valence-electron chi connectivity index (χ3n) is 2.28. The monoisotopic (exact) mass is 188 g/mol. The first-order valence-corrected chi connectivity index (χ1v) is 5.74. The number of unbranched alkanes of at least 4 members (excludes halogenated alkanes) is 1. The van der Waals surface area contributed by atoms with Crippen molar-refractivity contribution in [3.63, 3.8) is 0 Å². The van der Waals surface area contributed by atoms with Gasteiger partial charge in [-0.25, -0.2) is 0 Å². The Kier molecular flexibility index (Phi) is 4.51. The van der Waals surface area contributed by atoms with E-state index in [0.29, 0.717) is 6.42 Å². The van der Waals surface area contributed by atoms with Gasteiger partial charge in [0.15, 0.2) is 0 Å². The van der Waals surface area contributed by atoms with Crippen LogP contribution in [0.4, 0.5) is 0 Å². The van der Waals surface area contributed by atoms with Gasteiger partial charge in [0.1, 0.15) is 0 Å². The molecule has 12 heavy (non-hydrogen) atoms. The normalized spacial score (nSPS) is 22.8. The van der Waals surface area contributed by atoms with Crippen molar-refractivity contribution in [1.29, 1.82) is 0 Å². The van der Waals surface area contributed by atoms with Gasteiger partial charge < -0.3 is 5.11 Å². The Balaban J connectivity index is 1.91. The maximum atomic E-state index is 10.2.